The number of methoxy groups -OCH3 is 1. The first-order valence-electron chi connectivity index (χ1n) is 7.01. The molecule has 3 rings (SSSR count). The van der Waals surface area contributed by atoms with E-state index in [2.05, 4.69) is 6.92 Å². The van der Waals surface area contributed by atoms with Gasteiger partial charge < -0.3 is 4.74 Å². The molecule has 0 aliphatic heterocycles. The van der Waals surface area contributed by atoms with Gasteiger partial charge >= 0.3 is 0 Å². The molecule has 0 aromatic heterocycles. The molecule has 2 nitrogen and oxygen atoms in total. The van der Waals surface area contributed by atoms with Crippen molar-refractivity contribution in [2.45, 2.75) is 25.7 Å². The summed E-state index contributed by atoms with van der Waals surface area (Å²) in [6.45, 7) is 2.23. The summed E-state index contributed by atoms with van der Waals surface area (Å²) >= 11 is 0. The summed E-state index contributed by atoms with van der Waals surface area (Å²) in [6.07, 6.45) is 2.21. The third-order valence-corrected chi connectivity index (χ3v) is 4.12. The van der Waals surface area contributed by atoms with Crippen LogP contribution >= 0.6 is 0 Å². The maximum atomic E-state index is 12.6. The third-order valence-electron chi connectivity index (χ3n) is 4.12. The fraction of sp³-hybridized carbons (Fsp3) is 0.278. The van der Waals surface area contributed by atoms with Crippen molar-refractivity contribution >= 4 is 5.78 Å². The Morgan fingerprint density at radius 2 is 1.95 bits per heavy atom. The Kier molecular flexibility index (Phi) is 3.31. The minimum atomic E-state index is 0.0322. The summed E-state index contributed by atoms with van der Waals surface area (Å²) < 4.78 is 5.44. The Bertz CT molecular complexity index is 644. The molecule has 102 valence electrons. The number of rotatable bonds is 3. The van der Waals surface area contributed by atoms with Gasteiger partial charge in [0.05, 0.1) is 12.7 Å². The van der Waals surface area contributed by atoms with Gasteiger partial charge in [0.2, 0.25) is 0 Å². The molecule has 0 amide bonds. The minimum absolute atomic E-state index is 0.0322. The number of hydrogen-bond donors (Lipinski definition) is 0. The van der Waals surface area contributed by atoms with Gasteiger partial charge in [-0.15, -0.1) is 0 Å². The summed E-state index contributed by atoms with van der Waals surface area (Å²) in [5.74, 6) is 1.27. The van der Waals surface area contributed by atoms with E-state index in [9.17, 15) is 4.79 Å². The fourth-order valence-corrected chi connectivity index (χ4v) is 2.93. The smallest absolute Gasteiger partial charge is 0.196 e. The molecule has 1 atom stereocenters. The van der Waals surface area contributed by atoms with E-state index in [1.54, 1.807) is 7.11 Å². The fourth-order valence-electron chi connectivity index (χ4n) is 2.93. The molecule has 0 fully saturated rings. The van der Waals surface area contributed by atoms with E-state index in [0.717, 1.165) is 12.8 Å². The Balaban J connectivity index is 2.08. The minimum Gasteiger partial charge on any atom is -0.496 e. The van der Waals surface area contributed by atoms with Crippen LogP contribution in [0.1, 0.15) is 46.3 Å². The van der Waals surface area contributed by atoms with E-state index in [-0.39, 0.29) is 5.78 Å². The van der Waals surface area contributed by atoms with Crippen LogP contribution in [0.25, 0.3) is 0 Å². The van der Waals surface area contributed by atoms with E-state index in [1.165, 1.54) is 11.1 Å². The van der Waals surface area contributed by atoms with E-state index in [1.807, 2.05) is 42.5 Å². The Morgan fingerprint density at radius 1 is 1.20 bits per heavy atom. The number of carbonyl (C=O) groups excluding carboxylic acids is 1. The van der Waals surface area contributed by atoms with Crippen LogP contribution in [0.4, 0.5) is 0 Å². The number of hydrogen-bond acceptors (Lipinski definition) is 2. The van der Waals surface area contributed by atoms with Gasteiger partial charge in [0, 0.05) is 5.56 Å². The quantitative estimate of drug-likeness (QED) is 0.786. The van der Waals surface area contributed by atoms with Crippen LogP contribution in [0.5, 0.6) is 5.75 Å². The van der Waals surface area contributed by atoms with Gasteiger partial charge in [0.1, 0.15) is 5.75 Å². The van der Waals surface area contributed by atoms with Crippen LogP contribution in [0, 0.1) is 0 Å². The average molecular weight is 266 g/mol. The zero-order valence-corrected chi connectivity index (χ0v) is 11.8. The molecule has 0 N–H and O–H groups in total. The van der Waals surface area contributed by atoms with Crippen molar-refractivity contribution in [1.29, 1.82) is 0 Å². The number of ether oxygens (including phenoxy) is 1. The molecule has 2 heteroatoms. The van der Waals surface area contributed by atoms with Crippen molar-refractivity contribution in [2.75, 3.05) is 7.11 Å². The summed E-state index contributed by atoms with van der Waals surface area (Å²) in [5, 5.41) is 0. The Hall–Kier alpha value is -2.09. The molecule has 0 heterocycles. The highest BCUT2D eigenvalue weighted by molar-refractivity contribution is 6.10. The number of benzene rings is 2. The highest BCUT2D eigenvalue weighted by Gasteiger charge is 2.23. The highest BCUT2D eigenvalue weighted by atomic mass is 16.5. The molecule has 0 bridgehead atoms. The predicted molar refractivity (Wildman–Crippen MR) is 79.6 cm³/mol. The number of carbonyl (C=O) groups is 1. The van der Waals surface area contributed by atoms with E-state index >= 15 is 0 Å². The monoisotopic (exact) mass is 266 g/mol. The molecule has 1 aliphatic carbocycles. The first-order valence-corrected chi connectivity index (χ1v) is 7.01. The normalized spacial score (nSPS) is 16.8. The largest absolute Gasteiger partial charge is 0.496 e. The lowest BCUT2D eigenvalue weighted by Gasteiger charge is -2.12. The Morgan fingerprint density at radius 3 is 2.65 bits per heavy atom. The number of fused-ring (bicyclic) bond motifs is 1. The highest BCUT2D eigenvalue weighted by Crippen LogP contribution is 2.37. The zero-order valence-electron chi connectivity index (χ0n) is 11.8. The van der Waals surface area contributed by atoms with Crippen molar-refractivity contribution in [3.05, 3.63) is 64.7 Å². The lowest BCUT2D eigenvalue weighted by molar-refractivity contribution is 0.103. The van der Waals surface area contributed by atoms with Crippen LogP contribution in [0.3, 0.4) is 0 Å². The van der Waals surface area contributed by atoms with Crippen LogP contribution in [-0.4, -0.2) is 12.9 Å². The molecule has 20 heavy (non-hydrogen) atoms. The van der Waals surface area contributed by atoms with Gasteiger partial charge in [-0.05, 0) is 42.0 Å². The molecule has 1 unspecified atom stereocenters. The first-order chi connectivity index (χ1) is 9.70. The van der Waals surface area contributed by atoms with Crippen molar-refractivity contribution in [2.24, 2.45) is 0 Å². The zero-order chi connectivity index (χ0) is 14.1. The first kappa shape index (κ1) is 12.9. The lowest BCUT2D eigenvalue weighted by atomic mass is 9.96. The van der Waals surface area contributed by atoms with Gasteiger partial charge in [0.25, 0.3) is 0 Å². The summed E-state index contributed by atoms with van der Waals surface area (Å²) in [6, 6.07) is 13.4. The maximum Gasteiger partial charge on any atom is 0.196 e. The van der Waals surface area contributed by atoms with Gasteiger partial charge in [-0.3, -0.25) is 4.79 Å². The van der Waals surface area contributed by atoms with E-state index < -0.39 is 0 Å². The molecule has 1 aliphatic rings. The lowest BCUT2D eigenvalue weighted by Crippen LogP contribution is -2.05. The maximum absolute atomic E-state index is 12.6. The van der Waals surface area contributed by atoms with E-state index in [0.29, 0.717) is 22.8 Å². The topological polar surface area (TPSA) is 26.3 Å². The van der Waals surface area contributed by atoms with Gasteiger partial charge in [-0.25, -0.2) is 0 Å². The summed E-state index contributed by atoms with van der Waals surface area (Å²) in [4.78, 5) is 12.6. The van der Waals surface area contributed by atoms with Crippen LogP contribution in [0.15, 0.2) is 42.5 Å². The van der Waals surface area contributed by atoms with Gasteiger partial charge in [0.15, 0.2) is 5.78 Å². The van der Waals surface area contributed by atoms with Crippen molar-refractivity contribution < 1.29 is 9.53 Å². The molecule has 0 saturated carbocycles. The van der Waals surface area contributed by atoms with Crippen LogP contribution in [-0.2, 0) is 6.42 Å². The van der Waals surface area contributed by atoms with Crippen LogP contribution < -0.4 is 4.74 Å². The SMILES string of the molecule is COc1cc2c(cc1C(=O)c1ccccc1)CCC2C. The standard InChI is InChI=1S/C18H18O2/c1-12-8-9-14-10-16(17(20-2)11-15(12)14)18(19)13-6-4-3-5-7-13/h3-7,10-12H,8-9H2,1-2H3. The van der Waals surface area contributed by atoms with Gasteiger partial charge in [-0.1, -0.05) is 37.3 Å². The van der Waals surface area contributed by atoms with Crippen LogP contribution in [0.2, 0.25) is 0 Å². The Labute approximate surface area is 119 Å². The third kappa shape index (κ3) is 2.11. The second-order valence-electron chi connectivity index (χ2n) is 5.39. The number of aryl methyl sites for hydroxylation is 1. The molecule has 2 aromatic rings. The molecular formula is C18H18O2. The molecule has 0 saturated heterocycles. The van der Waals surface area contributed by atoms with E-state index in [4.69, 9.17) is 4.74 Å². The second kappa shape index (κ2) is 5.12. The summed E-state index contributed by atoms with van der Waals surface area (Å²) in [5.41, 5.74) is 3.99. The molecule has 0 radical (unpaired) electrons. The van der Waals surface area contributed by atoms with Gasteiger partial charge in [-0.2, -0.15) is 0 Å². The second-order valence-corrected chi connectivity index (χ2v) is 5.39. The molecule has 0 spiro atoms. The predicted octanol–water partition coefficient (Wildman–Crippen LogP) is 3.98. The van der Waals surface area contributed by atoms with Crippen molar-refractivity contribution in [1.82, 2.24) is 0 Å². The number of ketones is 1. The van der Waals surface area contributed by atoms with Crippen molar-refractivity contribution in [3.8, 4) is 5.75 Å². The molecular weight excluding hydrogens is 248 g/mol. The van der Waals surface area contributed by atoms with Crippen molar-refractivity contribution in [3.63, 3.8) is 0 Å². The summed E-state index contributed by atoms with van der Waals surface area (Å²) in [7, 11) is 1.63. The average Bonchev–Trinajstić information content (AvgIpc) is 2.87. The molecule has 2 aromatic carbocycles.